The number of carbonyl (C=O) groups excluding carboxylic acids is 2. The van der Waals surface area contributed by atoms with Crippen LogP contribution in [0.4, 0.5) is 5.69 Å². The van der Waals surface area contributed by atoms with E-state index in [0.717, 1.165) is 0 Å². The van der Waals surface area contributed by atoms with Gasteiger partial charge in [-0.2, -0.15) is 5.26 Å². The summed E-state index contributed by atoms with van der Waals surface area (Å²) >= 11 is 12.5. The Bertz CT molecular complexity index is 1460. The Morgan fingerprint density at radius 2 is 1.78 bits per heavy atom. The van der Waals surface area contributed by atoms with E-state index in [1.807, 2.05) is 19.9 Å². The zero-order valence-corrected chi connectivity index (χ0v) is 21.7. The van der Waals surface area contributed by atoms with Gasteiger partial charge in [0.25, 0.3) is 11.7 Å². The largest absolute Gasteiger partial charge is 0.507 e. The summed E-state index contributed by atoms with van der Waals surface area (Å²) in [6.45, 7) is 3.76. The fourth-order valence-corrected chi connectivity index (χ4v) is 4.80. The monoisotopic (exact) mass is 536 g/mol. The van der Waals surface area contributed by atoms with E-state index in [2.05, 4.69) is 0 Å². The van der Waals surface area contributed by atoms with Crippen LogP contribution < -0.4 is 14.4 Å². The van der Waals surface area contributed by atoms with E-state index >= 15 is 0 Å². The number of rotatable bonds is 6. The van der Waals surface area contributed by atoms with Crippen LogP contribution in [0.3, 0.4) is 0 Å². The Morgan fingerprint density at radius 1 is 1.08 bits per heavy atom. The van der Waals surface area contributed by atoms with E-state index < -0.39 is 23.5 Å². The molecule has 188 valence electrons. The van der Waals surface area contributed by atoms with E-state index in [1.54, 1.807) is 48.5 Å². The van der Waals surface area contributed by atoms with Gasteiger partial charge in [-0.3, -0.25) is 14.5 Å². The first-order valence-electron chi connectivity index (χ1n) is 11.3. The molecule has 0 radical (unpaired) electrons. The lowest BCUT2D eigenvalue weighted by Crippen LogP contribution is -2.29. The zero-order chi connectivity index (χ0) is 26.9. The molecule has 0 spiro atoms. The van der Waals surface area contributed by atoms with Gasteiger partial charge in [-0.25, -0.2) is 0 Å². The second-order valence-corrected chi connectivity index (χ2v) is 9.38. The summed E-state index contributed by atoms with van der Waals surface area (Å²) in [7, 11) is 1.37. The zero-order valence-electron chi connectivity index (χ0n) is 20.2. The van der Waals surface area contributed by atoms with E-state index in [4.69, 9.17) is 32.7 Å². The SMILES string of the molecule is COc1c(Cl)cc(Cl)cc1/C(O)=C1\C(=O)C(=O)N(c2ccc(C#N)cc2)C1c1cccc(OC(C)C)c1. The molecule has 0 aliphatic carbocycles. The Morgan fingerprint density at radius 3 is 2.41 bits per heavy atom. The number of benzene rings is 3. The van der Waals surface area contributed by atoms with Gasteiger partial charge < -0.3 is 14.6 Å². The van der Waals surface area contributed by atoms with Gasteiger partial charge in [0.1, 0.15) is 17.3 Å². The number of anilines is 1. The Balaban J connectivity index is 1.99. The molecule has 3 aromatic carbocycles. The minimum absolute atomic E-state index is 0.0670. The first-order valence-corrected chi connectivity index (χ1v) is 12.0. The van der Waals surface area contributed by atoms with Crippen molar-refractivity contribution in [2.24, 2.45) is 0 Å². The first kappa shape index (κ1) is 26.1. The molecule has 4 rings (SSSR count). The molecule has 1 unspecified atom stereocenters. The molecular weight excluding hydrogens is 515 g/mol. The van der Waals surface area contributed by atoms with Crippen molar-refractivity contribution in [1.82, 2.24) is 0 Å². The number of Topliss-reactive ketones (excluding diaryl/α,β-unsaturated/α-hetero) is 1. The predicted octanol–water partition coefficient (Wildman–Crippen LogP) is 6.29. The average molecular weight is 537 g/mol. The number of ether oxygens (including phenoxy) is 2. The number of hydrogen-bond donors (Lipinski definition) is 1. The number of carbonyl (C=O) groups is 2. The molecule has 0 bridgehead atoms. The summed E-state index contributed by atoms with van der Waals surface area (Å²) in [6.07, 6.45) is -0.113. The standard InChI is InChI=1S/C28H22Cl2N2O5/c1-15(2)37-20-6-4-5-17(11-20)24-23(25(33)21-12-18(29)13-22(30)27(21)36-3)26(34)28(35)32(24)19-9-7-16(14-31)8-10-19/h4-13,15,24,33H,1-3H3/b25-23+. The van der Waals surface area contributed by atoms with Crippen molar-refractivity contribution < 1.29 is 24.2 Å². The highest BCUT2D eigenvalue weighted by molar-refractivity contribution is 6.52. The molecule has 0 aromatic heterocycles. The van der Waals surface area contributed by atoms with Gasteiger partial charge in [-0.1, -0.05) is 35.3 Å². The number of aliphatic hydroxyl groups is 1. The van der Waals surface area contributed by atoms with Crippen LogP contribution in [-0.2, 0) is 9.59 Å². The minimum atomic E-state index is -1.02. The Hall–Kier alpha value is -3.99. The molecule has 0 saturated carbocycles. The summed E-state index contributed by atoms with van der Waals surface area (Å²) in [5, 5.41) is 21.0. The van der Waals surface area contributed by atoms with Crippen LogP contribution in [0.15, 0.2) is 66.2 Å². The summed E-state index contributed by atoms with van der Waals surface area (Å²) < 4.78 is 11.2. The summed E-state index contributed by atoms with van der Waals surface area (Å²) in [5.41, 5.74) is 1.18. The van der Waals surface area contributed by atoms with Gasteiger partial charge >= 0.3 is 0 Å². The van der Waals surface area contributed by atoms with Crippen molar-refractivity contribution in [2.45, 2.75) is 26.0 Å². The van der Waals surface area contributed by atoms with E-state index in [-0.39, 0.29) is 33.0 Å². The highest BCUT2D eigenvalue weighted by Gasteiger charge is 2.47. The molecule has 1 N–H and O–H groups in total. The topological polar surface area (TPSA) is 99.9 Å². The molecule has 1 aliphatic rings. The second kappa shape index (κ2) is 10.6. The van der Waals surface area contributed by atoms with Crippen molar-refractivity contribution >= 4 is 46.3 Å². The number of amides is 1. The lowest BCUT2D eigenvalue weighted by Gasteiger charge is -2.26. The third-order valence-corrected chi connectivity index (χ3v) is 6.23. The number of nitriles is 1. The number of halogens is 2. The van der Waals surface area contributed by atoms with Crippen LogP contribution in [0, 0.1) is 11.3 Å². The highest BCUT2D eigenvalue weighted by atomic mass is 35.5. The minimum Gasteiger partial charge on any atom is -0.507 e. The van der Waals surface area contributed by atoms with Crippen molar-refractivity contribution in [3.8, 4) is 17.6 Å². The van der Waals surface area contributed by atoms with Gasteiger partial charge in [0.15, 0.2) is 0 Å². The third-order valence-electron chi connectivity index (χ3n) is 5.73. The van der Waals surface area contributed by atoms with E-state index in [9.17, 15) is 20.0 Å². The molecule has 1 amide bonds. The van der Waals surface area contributed by atoms with Crippen LogP contribution in [0.5, 0.6) is 11.5 Å². The van der Waals surface area contributed by atoms with Crippen molar-refractivity contribution in [2.75, 3.05) is 12.0 Å². The fraction of sp³-hybridized carbons (Fsp3) is 0.179. The smallest absolute Gasteiger partial charge is 0.300 e. The number of hydrogen-bond acceptors (Lipinski definition) is 6. The summed E-state index contributed by atoms with van der Waals surface area (Å²) in [6, 6.07) is 17.0. The van der Waals surface area contributed by atoms with Crippen LogP contribution in [0.1, 0.15) is 36.6 Å². The third kappa shape index (κ3) is 4.99. The van der Waals surface area contributed by atoms with Crippen LogP contribution in [0.2, 0.25) is 10.0 Å². The molecular formula is C28H22Cl2N2O5. The number of aliphatic hydroxyl groups excluding tert-OH is 1. The van der Waals surface area contributed by atoms with Crippen molar-refractivity contribution in [3.05, 3.63) is 93.0 Å². The maximum atomic E-state index is 13.4. The average Bonchev–Trinajstić information content (AvgIpc) is 3.13. The second-order valence-electron chi connectivity index (χ2n) is 8.54. The predicted molar refractivity (Wildman–Crippen MR) is 141 cm³/mol. The highest BCUT2D eigenvalue weighted by Crippen LogP contribution is 2.45. The maximum absolute atomic E-state index is 13.4. The van der Waals surface area contributed by atoms with Gasteiger partial charge in [0.2, 0.25) is 0 Å². The first-order chi connectivity index (χ1) is 17.7. The van der Waals surface area contributed by atoms with Gasteiger partial charge in [-0.05, 0) is 67.9 Å². The molecule has 1 atom stereocenters. The van der Waals surface area contributed by atoms with Crippen LogP contribution in [0.25, 0.3) is 5.76 Å². The molecule has 1 fully saturated rings. The fourth-order valence-electron chi connectivity index (χ4n) is 4.23. The molecule has 9 heteroatoms. The summed E-state index contributed by atoms with van der Waals surface area (Å²) in [4.78, 5) is 28.1. The van der Waals surface area contributed by atoms with Gasteiger partial charge in [-0.15, -0.1) is 0 Å². The lowest BCUT2D eigenvalue weighted by atomic mass is 9.94. The van der Waals surface area contributed by atoms with Crippen LogP contribution >= 0.6 is 23.2 Å². The number of ketones is 1. The molecule has 3 aromatic rings. The summed E-state index contributed by atoms with van der Waals surface area (Å²) in [5.74, 6) is -1.61. The van der Waals surface area contributed by atoms with Crippen molar-refractivity contribution in [3.63, 3.8) is 0 Å². The molecule has 7 nitrogen and oxygen atoms in total. The number of nitrogens with zero attached hydrogens (tertiary/aromatic N) is 2. The molecule has 1 aliphatic heterocycles. The Kier molecular flexibility index (Phi) is 7.44. The lowest BCUT2D eigenvalue weighted by molar-refractivity contribution is -0.132. The van der Waals surface area contributed by atoms with E-state index in [0.29, 0.717) is 22.6 Å². The normalized spacial score (nSPS) is 16.7. The maximum Gasteiger partial charge on any atom is 0.300 e. The quantitative estimate of drug-likeness (QED) is 0.226. The van der Waals surface area contributed by atoms with Gasteiger partial charge in [0, 0.05) is 10.7 Å². The number of methoxy groups -OCH3 is 1. The molecule has 37 heavy (non-hydrogen) atoms. The molecule has 1 heterocycles. The molecule has 1 saturated heterocycles. The van der Waals surface area contributed by atoms with Gasteiger partial charge in [0.05, 0.1) is 47.0 Å². The Labute approximate surface area is 224 Å². The van der Waals surface area contributed by atoms with E-state index in [1.165, 1.54) is 24.1 Å². The van der Waals surface area contributed by atoms with Crippen LogP contribution in [-0.4, -0.2) is 30.0 Å². The van der Waals surface area contributed by atoms with Crippen molar-refractivity contribution in [1.29, 1.82) is 5.26 Å².